The molecule has 4 rings (SSSR count). The monoisotopic (exact) mass is 345 g/mol. The minimum Gasteiger partial charge on any atom is -0.350 e. The Bertz CT molecular complexity index is 1080. The lowest BCUT2D eigenvalue weighted by Gasteiger charge is -2.06. The summed E-state index contributed by atoms with van der Waals surface area (Å²) in [4.78, 5) is 23.6. The lowest BCUT2D eigenvalue weighted by atomic mass is 10.1. The first-order valence-corrected chi connectivity index (χ1v) is 8.57. The standard InChI is InChI=1S/C20H19N5O/c1-2-25-18-10-15(8-9-17(18)24-20(25)26)16-12-22-19(23-13-16)21-11-14-6-4-3-5-7-14/h3-10,12-13H,2,11H2,1H3,(H,24,26)(H,21,22,23). The van der Waals surface area contributed by atoms with Crippen LogP contribution in [-0.2, 0) is 13.1 Å². The Labute approximate surface area is 150 Å². The number of benzene rings is 2. The van der Waals surface area contributed by atoms with E-state index in [0.29, 0.717) is 19.0 Å². The van der Waals surface area contributed by atoms with Crippen molar-refractivity contribution in [3.05, 3.63) is 77.0 Å². The summed E-state index contributed by atoms with van der Waals surface area (Å²) < 4.78 is 1.72. The third kappa shape index (κ3) is 3.09. The molecule has 0 spiro atoms. The van der Waals surface area contributed by atoms with Crippen LogP contribution in [0.3, 0.4) is 0 Å². The van der Waals surface area contributed by atoms with Gasteiger partial charge in [-0.2, -0.15) is 0 Å². The molecule has 6 heteroatoms. The summed E-state index contributed by atoms with van der Waals surface area (Å²) in [6.07, 6.45) is 3.59. The van der Waals surface area contributed by atoms with Crippen LogP contribution in [-0.4, -0.2) is 19.5 Å². The lowest BCUT2D eigenvalue weighted by molar-refractivity contribution is 0.753. The quantitative estimate of drug-likeness (QED) is 0.581. The molecule has 0 unspecified atom stereocenters. The summed E-state index contributed by atoms with van der Waals surface area (Å²) in [5.41, 5.74) is 4.71. The smallest absolute Gasteiger partial charge is 0.326 e. The van der Waals surface area contributed by atoms with Gasteiger partial charge in [0.1, 0.15) is 0 Å². The Morgan fingerprint density at radius 2 is 1.81 bits per heavy atom. The van der Waals surface area contributed by atoms with E-state index in [-0.39, 0.29) is 5.69 Å². The van der Waals surface area contributed by atoms with Gasteiger partial charge in [-0.15, -0.1) is 0 Å². The maximum Gasteiger partial charge on any atom is 0.326 e. The molecular formula is C20H19N5O. The van der Waals surface area contributed by atoms with Gasteiger partial charge in [0.2, 0.25) is 5.95 Å². The van der Waals surface area contributed by atoms with Crippen molar-refractivity contribution in [1.29, 1.82) is 0 Å². The number of aryl methyl sites for hydroxylation is 1. The van der Waals surface area contributed by atoms with Crippen molar-refractivity contribution >= 4 is 17.0 Å². The SMILES string of the molecule is CCn1c(=O)[nH]c2ccc(-c3cnc(NCc4ccccc4)nc3)cc21. The van der Waals surface area contributed by atoms with E-state index < -0.39 is 0 Å². The van der Waals surface area contributed by atoms with Crippen LogP contribution < -0.4 is 11.0 Å². The maximum absolute atomic E-state index is 11.9. The molecule has 0 radical (unpaired) electrons. The Kier molecular flexibility index (Phi) is 4.23. The number of nitrogens with one attached hydrogen (secondary N) is 2. The zero-order valence-corrected chi connectivity index (χ0v) is 14.4. The summed E-state index contributed by atoms with van der Waals surface area (Å²) in [6.45, 7) is 3.26. The molecule has 0 aliphatic rings. The van der Waals surface area contributed by atoms with Gasteiger partial charge in [-0.3, -0.25) is 4.57 Å². The molecule has 6 nitrogen and oxygen atoms in total. The number of aromatic amines is 1. The number of H-pyrrole nitrogens is 1. The molecule has 0 saturated heterocycles. The van der Waals surface area contributed by atoms with Crippen LogP contribution >= 0.6 is 0 Å². The van der Waals surface area contributed by atoms with E-state index >= 15 is 0 Å². The topological polar surface area (TPSA) is 75.6 Å². The molecule has 26 heavy (non-hydrogen) atoms. The molecule has 0 aliphatic heterocycles. The molecule has 0 atom stereocenters. The van der Waals surface area contributed by atoms with Crippen LogP contribution in [0.4, 0.5) is 5.95 Å². The fourth-order valence-corrected chi connectivity index (χ4v) is 2.99. The Morgan fingerprint density at radius 1 is 1.04 bits per heavy atom. The normalized spacial score (nSPS) is 11.0. The van der Waals surface area contributed by atoms with E-state index in [1.54, 1.807) is 17.0 Å². The first-order valence-electron chi connectivity index (χ1n) is 8.57. The van der Waals surface area contributed by atoms with E-state index in [2.05, 4.69) is 32.4 Å². The Hall–Kier alpha value is -3.41. The molecule has 2 aromatic heterocycles. The predicted molar refractivity (Wildman–Crippen MR) is 103 cm³/mol. The third-order valence-electron chi connectivity index (χ3n) is 4.37. The molecule has 2 heterocycles. The van der Waals surface area contributed by atoms with Crippen molar-refractivity contribution in [3.8, 4) is 11.1 Å². The second-order valence-electron chi connectivity index (χ2n) is 6.04. The molecule has 2 N–H and O–H groups in total. The lowest BCUT2D eigenvalue weighted by Crippen LogP contribution is -2.14. The molecule has 0 amide bonds. The number of hydrogen-bond donors (Lipinski definition) is 2. The van der Waals surface area contributed by atoms with Crippen molar-refractivity contribution in [3.63, 3.8) is 0 Å². The average molecular weight is 345 g/mol. The Morgan fingerprint density at radius 3 is 2.54 bits per heavy atom. The van der Waals surface area contributed by atoms with Crippen LogP contribution in [0.1, 0.15) is 12.5 Å². The average Bonchev–Trinajstić information content (AvgIpc) is 3.01. The zero-order valence-electron chi connectivity index (χ0n) is 14.4. The first kappa shape index (κ1) is 16.1. The molecule has 2 aromatic carbocycles. The van der Waals surface area contributed by atoms with Crippen LogP contribution in [0, 0.1) is 0 Å². The van der Waals surface area contributed by atoms with Gasteiger partial charge in [-0.25, -0.2) is 14.8 Å². The number of anilines is 1. The van der Waals surface area contributed by atoms with Crippen molar-refractivity contribution in [2.75, 3.05) is 5.32 Å². The van der Waals surface area contributed by atoms with Gasteiger partial charge in [0.15, 0.2) is 0 Å². The predicted octanol–water partition coefficient (Wildman–Crippen LogP) is 3.42. The van der Waals surface area contributed by atoms with E-state index in [4.69, 9.17) is 0 Å². The van der Waals surface area contributed by atoms with E-state index in [9.17, 15) is 4.79 Å². The number of imidazole rings is 1. The zero-order chi connectivity index (χ0) is 17.9. The summed E-state index contributed by atoms with van der Waals surface area (Å²) >= 11 is 0. The van der Waals surface area contributed by atoms with Crippen LogP contribution in [0.15, 0.2) is 65.7 Å². The highest BCUT2D eigenvalue weighted by Gasteiger charge is 2.08. The first-order chi connectivity index (χ1) is 12.7. The molecule has 0 fully saturated rings. The third-order valence-corrected chi connectivity index (χ3v) is 4.37. The fraction of sp³-hybridized carbons (Fsp3) is 0.150. The summed E-state index contributed by atoms with van der Waals surface area (Å²) in [6, 6.07) is 16.0. The fourth-order valence-electron chi connectivity index (χ4n) is 2.99. The van der Waals surface area contributed by atoms with Gasteiger partial charge >= 0.3 is 5.69 Å². The number of fused-ring (bicyclic) bond motifs is 1. The summed E-state index contributed by atoms with van der Waals surface area (Å²) in [7, 11) is 0. The summed E-state index contributed by atoms with van der Waals surface area (Å²) in [5.74, 6) is 0.589. The van der Waals surface area contributed by atoms with Gasteiger partial charge in [-0.1, -0.05) is 36.4 Å². The maximum atomic E-state index is 11.9. The molecule has 0 bridgehead atoms. The number of rotatable bonds is 5. The highest BCUT2D eigenvalue weighted by atomic mass is 16.1. The highest BCUT2D eigenvalue weighted by molar-refractivity contribution is 5.81. The van der Waals surface area contributed by atoms with Crippen molar-refractivity contribution in [2.45, 2.75) is 20.0 Å². The second kappa shape index (κ2) is 6.84. The number of aromatic nitrogens is 4. The molecule has 0 saturated carbocycles. The highest BCUT2D eigenvalue weighted by Crippen LogP contribution is 2.22. The van der Waals surface area contributed by atoms with Crippen LogP contribution in [0.5, 0.6) is 0 Å². The van der Waals surface area contributed by atoms with Crippen molar-refractivity contribution in [2.24, 2.45) is 0 Å². The van der Waals surface area contributed by atoms with Crippen molar-refractivity contribution < 1.29 is 0 Å². The minimum atomic E-state index is -0.0867. The molecule has 0 aliphatic carbocycles. The van der Waals surface area contributed by atoms with Gasteiger partial charge in [-0.05, 0) is 30.2 Å². The van der Waals surface area contributed by atoms with Crippen molar-refractivity contribution in [1.82, 2.24) is 19.5 Å². The van der Waals surface area contributed by atoms with Gasteiger partial charge < -0.3 is 10.3 Å². The van der Waals surface area contributed by atoms with E-state index in [1.807, 2.05) is 43.3 Å². The second-order valence-corrected chi connectivity index (χ2v) is 6.04. The Balaban J connectivity index is 1.56. The van der Waals surface area contributed by atoms with E-state index in [1.165, 1.54) is 5.56 Å². The van der Waals surface area contributed by atoms with Crippen LogP contribution in [0.25, 0.3) is 22.2 Å². The van der Waals surface area contributed by atoms with Gasteiger partial charge in [0, 0.05) is 31.0 Å². The number of nitrogens with zero attached hydrogens (tertiary/aromatic N) is 3. The summed E-state index contributed by atoms with van der Waals surface area (Å²) in [5, 5.41) is 3.22. The van der Waals surface area contributed by atoms with Gasteiger partial charge in [0.05, 0.1) is 11.0 Å². The van der Waals surface area contributed by atoms with E-state index in [0.717, 1.165) is 22.2 Å². The molecule has 130 valence electrons. The molecule has 4 aromatic rings. The number of hydrogen-bond acceptors (Lipinski definition) is 4. The van der Waals surface area contributed by atoms with Crippen LogP contribution in [0.2, 0.25) is 0 Å². The van der Waals surface area contributed by atoms with Gasteiger partial charge in [0.25, 0.3) is 0 Å². The largest absolute Gasteiger partial charge is 0.350 e. The minimum absolute atomic E-state index is 0.0867. The molecular weight excluding hydrogens is 326 g/mol.